The van der Waals surface area contributed by atoms with Crippen LogP contribution >= 0.6 is 0 Å². The molecule has 4 heteroatoms. The monoisotopic (exact) mass is 288 g/mol. The van der Waals surface area contributed by atoms with E-state index >= 15 is 0 Å². The third-order valence-corrected chi connectivity index (χ3v) is 3.90. The second-order valence-electron chi connectivity index (χ2n) is 6.34. The lowest BCUT2D eigenvalue weighted by atomic mass is 10.0. The number of anilines is 1. The van der Waals surface area contributed by atoms with Gasteiger partial charge in [-0.25, -0.2) is 0 Å². The van der Waals surface area contributed by atoms with Crippen LogP contribution in [0.1, 0.15) is 38.7 Å². The van der Waals surface area contributed by atoms with Crippen molar-refractivity contribution < 1.29 is 9.59 Å². The molecule has 1 aromatic rings. The zero-order chi connectivity index (χ0) is 15.5. The molecule has 1 aromatic carbocycles. The van der Waals surface area contributed by atoms with Crippen LogP contribution in [-0.2, 0) is 9.59 Å². The van der Waals surface area contributed by atoms with E-state index in [9.17, 15) is 9.59 Å². The van der Waals surface area contributed by atoms with Crippen molar-refractivity contribution in [1.82, 2.24) is 5.32 Å². The van der Waals surface area contributed by atoms with Crippen LogP contribution in [0.25, 0.3) is 0 Å². The van der Waals surface area contributed by atoms with Gasteiger partial charge in [0, 0.05) is 12.2 Å². The molecule has 0 bridgehead atoms. The molecule has 0 atom stereocenters. The van der Waals surface area contributed by atoms with Gasteiger partial charge in [0.1, 0.15) is 5.41 Å². The van der Waals surface area contributed by atoms with Gasteiger partial charge >= 0.3 is 0 Å². The zero-order valence-corrected chi connectivity index (χ0v) is 13.0. The minimum absolute atomic E-state index is 0.131. The van der Waals surface area contributed by atoms with Gasteiger partial charge in [0.2, 0.25) is 11.8 Å². The number of amides is 2. The van der Waals surface area contributed by atoms with E-state index in [1.54, 1.807) is 0 Å². The molecule has 0 saturated heterocycles. The molecular formula is C17H24N2O2. The highest BCUT2D eigenvalue weighted by molar-refractivity contribution is 6.13. The summed E-state index contributed by atoms with van der Waals surface area (Å²) < 4.78 is 0. The zero-order valence-electron chi connectivity index (χ0n) is 13.0. The first-order valence-electron chi connectivity index (χ1n) is 7.60. The summed E-state index contributed by atoms with van der Waals surface area (Å²) in [5, 5.41) is 5.76. The van der Waals surface area contributed by atoms with Crippen LogP contribution in [0.4, 0.5) is 5.69 Å². The topological polar surface area (TPSA) is 58.2 Å². The van der Waals surface area contributed by atoms with E-state index in [-0.39, 0.29) is 11.8 Å². The molecule has 114 valence electrons. The van der Waals surface area contributed by atoms with Gasteiger partial charge in [0.05, 0.1) is 0 Å². The van der Waals surface area contributed by atoms with Crippen LogP contribution in [0.15, 0.2) is 24.3 Å². The van der Waals surface area contributed by atoms with Gasteiger partial charge in [0.15, 0.2) is 0 Å². The Balaban J connectivity index is 1.93. The van der Waals surface area contributed by atoms with Crippen LogP contribution in [0, 0.1) is 18.3 Å². The second-order valence-corrected chi connectivity index (χ2v) is 6.34. The van der Waals surface area contributed by atoms with Crippen molar-refractivity contribution >= 4 is 17.5 Å². The predicted molar refractivity (Wildman–Crippen MR) is 83.9 cm³/mol. The molecule has 1 fully saturated rings. The lowest BCUT2D eigenvalue weighted by molar-refractivity contribution is -0.134. The number of rotatable bonds is 6. The third-order valence-electron chi connectivity index (χ3n) is 3.90. The number of hydrogen-bond acceptors (Lipinski definition) is 2. The van der Waals surface area contributed by atoms with Crippen molar-refractivity contribution in [2.45, 2.75) is 40.0 Å². The van der Waals surface area contributed by atoms with Crippen molar-refractivity contribution in [3.63, 3.8) is 0 Å². The number of nitrogens with one attached hydrogen (secondary N) is 2. The Kier molecular flexibility index (Phi) is 4.66. The first kappa shape index (κ1) is 15.5. The van der Waals surface area contributed by atoms with Crippen molar-refractivity contribution in [1.29, 1.82) is 0 Å². The Bertz CT molecular complexity index is 533. The Morgan fingerprint density at radius 3 is 2.52 bits per heavy atom. The molecule has 0 spiro atoms. The van der Waals surface area contributed by atoms with Crippen LogP contribution in [0.2, 0.25) is 0 Å². The molecule has 4 nitrogen and oxygen atoms in total. The normalized spacial score (nSPS) is 15.6. The summed E-state index contributed by atoms with van der Waals surface area (Å²) in [6, 6.07) is 7.62. The number of benzene rings is 1. The molecule has 0 aromatic heterocycles. The average molecular weight is 288 g/mol. The lowest BCUT2D eigenvalue weighted by Crippen LogP contribution is -2.40. The van der Waals surface area contributed by atoms with Crippen molar-refractivity contribution in [2.24, 2.45) is 11.3 Å². The van der Waals surface area contributed by atoms with Crippen LogP contribution in [0.3, 0.4) is 0 Å². The molecule has 0 aliphatic heterocycles. The van der Waals surface area contributed by atoms with Gasteiger partial charge in [-0.3, -0.25) is 9.59 Å². The van der Waals surface area contributed by atoms with E-state index in [2.05, 4.69) is 24.5 Å². The molecule has 0 radical (unpaired) electrons. The van der Waals surface area contributed by atoms with Crippen molar-refractivity contribution in [3.05, 3.63) is 29.8 Å². The van der Waals surface area contributed by atoms with E-state index in [4.69, 9.17) is 0 Å². The summed E-state index contributed by atoms with van der Waals surface area (Å²) in [5.41, 5.74) is 0.987. The van der Waals surface area contributed by atoms with Crippen molar-refractivity contribution in [2.75, 3.05) is 11.9 Å². The highest BCUT2D eigenvalue weighted by Crippen LogP contribution is 2.46. The van der Waals surface area contributed by atoms with Crippen LogP contribution in [0.5, 0.6) is 0 Å². The number of aryl methyl sites for hydroxylation is 1. The van der Waals surface area contributed by atoms with Gasteiger partial charge in [-0.15, -0.1) is 0 Å². The van der Waals surface area contributed by atoms with E-state index in [0.29, 0.717) is 25.3 Å². The first-order chi connectivity index (χ1) is 9.94. The summed E-state index contributed by atoms with van der Waals surface area (Å²) in [5.74, 6) is 0.227. The summed E-state index contributed by atoms with van der Waals surface area (Å²) in [7, 11) is 0. The Labute approximate surface area is 126 Å². The lowest BCUT2D eigenvalue weighted by Gasteiger charge is -2.16. The average Bonchev–Trinajstić information content (AvgIpc) is 3.19. The SMILES string of the molecule is Cc1cccc(NC(=O)C2(C(=O)NCCC(C)C)CC2)c1. The number of carbonyl (C=O) groups is 2. The maximum atomic E-state index is 12.4. The summed E-state index contributed by atoms with van der Waals surface area (Å²) in [6.45, 7) is 6.84. The number of hydrogen-bond donors (Lipinski definition) is 2. The van der Waals surface area contributed by atoms with E-state index in [0.717, 1.165) is 17.7 Å². The standard InChI is InChI=1S/C17H24N2O2/c1-12(2)7-10-18-15(20)17(8-9-17)16(21)19-14-6-4-5-13(3)11-14/h4-6,11-12H,7-10H2,1-3H3,(H,18,20)(H,19,21). The maximum absolute atomic E-state index is 12.4. The fourth-order valence-corrected chi connectivity index (χ4v) is 2.30. The second kappa shape index (κ2) is 6.29. The minimum atomic E-state index is -0.847. The quantitative estimate of drug-likeness (QED) is 0.791. The highest BCUT2D eigenvalue weighted by atomic mass is 16.2. The molecule has 2 N–H and O–H groups in total. The van der Waals surface area contributed by atoms with E-state index in [1.165, 1.54) is 0 Å². The molecular weight excluding hydrogens is 264 g/mol. The maximum Gasteiger partial charge on any atom is 0.240 e. The molecule has 2 amide bonds. The number of carbonyl (C=O) groups excluding carboxylic acids is 2. The molecule has 0 unspecified atom stereocenters. The molecule has 1 aliphatic rings. The van der Waals surface area contributed by atoms with E-state index in [1.807, 2.05) is 31.2 Å². The smallest absolute Gasteiger partial charge is 0.240 e. The molecule has 0 heterocycles. The fourth-order valence-electron chi connectivity index (χ4n) is 2.30. The summed E-state index contributed by atoms with van der Waals surface area (Å²) in [4.78, 5) is 24.6. The largest absolute Gasteiger partial charge is 0.355 e. The Morgan fingerprint density at radius 2 is 1.95 bits per heavy atom. The summed E-state index contributed by atoms with van der Waals surface area (Å²) >= 11 is 0. The Morgan fingerprint density at radius 1 is 1.24 bits per heavy atom. The fraction of sp³-hybridized carbons (Fsp3) is 0.529. The highest BCUT2D eigenvalue weighted by Gasteiger charge is 2.56. The first-order valence-corrected chi connectivity index (χ1v) is 7.60. The van der Waals surface area contributed by atoms with Gasteiger partial charge < -0.3 is 10.6 Å². The van der Waals surface area contributed by atoms with Gasteiger partial charge in [0.25, 0.3) is 0 Å². The predicted octanol–water partition coefficient (Wildman–Crippen LogP) is 2.88. The molecule has 1 saturated carbocycles. The van der Waals surface area contributed by atoms with Crippen LogP contribution < -0.4 is 10.6 Å². The van der Waals surface area contributed by atoms with Gasteiger partial charge in [-0.05, 0) is 49.8 Å². The summed E-state index contributed by atoms with van der Waals surface area (Å²) in [6.07, 6.45) is 2.21. The van der Waals surface area contributed by atoms with Crippen molar-refractivity contribution in [3.8, 4) is 0 Å². The van der Waals surface area contributed by atoms with Crippen LogP contribution in [-0.4, -0.2) is 18.4 Å². The third kappa shape index (κ3) is 3.84. The molecule has 2 rings (SSSR count). The van der Waals surface area contributed by atoms with Gasteiger partial charge in [-0.2, -0.15) is 0 Å². The minimum Gasteiger partial charge on any atom is -0.355 e. The molecule has 21 heavy (non-hydrogen) atoms. The molecule has 1 aliphatic carbocycles. The van der Waals surface area contributed by atoms with E-state index < -0.39 is 5.41 Å². The Hall–Kier alpha value is -1.84. The van der Waals surface area contributed by atoms with Gasteiger partial charge in [-0.1, -0.05) is 26.0 Å².